The van der Waals surface area contributed by atoms with Gasteiger partial charge in [0.25, 0.3) is 0 Å². The average Bonchev–Trinajstić information content (AvgIpc) is 3.29. The smallest absolute Gasteiger partial charge is 0.341 e. The molecule has 0 saturated heterocycles. The molecule has 1 atom stereocenters. The fraction of sp³-hybridized carbons (Fsp3) is 0.316. The molecule has 27 heavy (non-hydrogen) atoms. The molecule has 0 saturated carbocycles. The van der Waals surface area contributed by atoms with Gasteiger partial charge in [-0.15, -0.1) is 11.3 Å². The lowest BCUT2D eigenvalue weighted by atomic mass is 10.2. The molecule has 0 aliphatic rings. The molecule has 2 aromatic heterocycles. The Morgan fingerprint density at radius 3 is 2.85 bits per heavy atom. The first-order valence-corrected chi connectivity index (χ1v) is 9.62. The van der Waals surface area contributed by atoms with Crippen LogP contribution in [0.25, 0.3) is 16.4 Å². The van der Waals surface area contributed by atoms with Crippen LogP contribution in [0, 0.1) is 0 Å². The van der Waals surface area contributed by atoms with Crippen LogP contribution >= 0.6 is 11.3 Å². The van der Waals surface area contributed by atoms with Crippen LogP contribution in [0.1, 0.15) is 29.9 Å². The molecule has 0 radical (unpaired) electrons. The molecule has 0 aliphatic heterocycles. The van der Waals surface area contributed by atoms with Crippen LogP contribution in [0.3, 0.4) is 0 Å². The summed E-state index contributed by atoms with van der Waals surface area (Å²) in [6.07, 6.45) is 1.01. The van der Waals surface area contributed by atoms with Gasteiger partial charge in [-0.05, 0) is 13.8 Å². The summed E-state index contributed by atoms with van der Waals surface area (Å²) in [5, 5.41) is 19.6. The Kier molecular flexibility index (Phi) is 6.33. The molecular weight excluding hydrogens is 364 g/mol. The number of aromatic nitrogens is 3. The Balaban J connectivity index is 1.92. The van der Waals surface area contributed by atoms with Gasteiger partial charge < -0.3 is 15.2 Å². The highest BCUT2D eigenvalue weighted by atomic mass is 32.1. The van der Waals surface area contributed by atoms with Gasteiger partial charge in [0, 0.05) is 24.0 Å². The van der Waals surface area contributed by atoms with Crippen LogP contribution in [-0.4, -0.2) is 45.1 Å². The SMILES string of the molecule is CCOC(=O)c1cnn(-c2nc(-c3ccccc3)cs2)c1CNCC(C)O. The van der Waals surface area contributed by atoms with E-state index in [9.17, 15) is 9.90 Å². The Morgan fingerprint density at radius 1 is 1.37 bits per heavy atom. The largest absolute Gasteiger partial charge is 0.462 e. The standard InChI is InChI=1S/C19H22N4O3S/c1-3-26-18(25)15-10-21-23(17(15)11-20-9-13(2)24)19-22-16(12-27-19)14-7-5-4-6-8-14/h4-8,10,12-13,20,24H,3,9,11H2,1-2H3. The predicted octanol–water partition coefficient (Wildman–Crippen LogP) is 2.64. The minimum atomic E-state index is -0.489. The Bertz CT molecular complexity index is 890. The van der Waals surface area contributed by atoms with Gasteiger partial charge in [0.05, 0.1) is 30.3 Å². The van der Waals surface area contributed by atoms with Crippen LogP contribution in [0.15, 0.2) is 41.9 Å². The fourth-order valence-corrected chi connectivity index (χ4v) is 3.40. The molecule has 8 heteroatoms. The van der Waals surface area contributed by atoms with Crippen LogP contribution < -0.4 is 5.32 Å². The second-order valence-electron chi connectivity index (χ2n) is 6.00. The minimum absolute atomic E-state index is 0.292. The van der Waals surface area contributed by atoms with E-state index in [0.717, 1.165) is 11.3 Å². The Labute approximate surface area is 161 Å². The van der Waals surface area contributed by atoms with Gasteiger partial charge in [-0.2, -0.15) is 5.10 Å². The van der Waals surface area contributed by atoms with Crippen LogP contribution in [-0.2, 0) is 11.3 Å². The molecule has 1 unspecified atom stereocenters. The first-order chi connectivity index (χ1) is 13.1. The third-order valence-corrected chi connectivity index (χ3v) is 4.66. The van der Waals surface area contributed by atoms with Gasteiger partial charge in [0.1, 0.15) is 5.56 Å². The van der Waals surface area contributed by atoms with Gasteiger partial charge >= 0.3 is 5.97 Å². The summed E-state index contributed by atoms with van der Waals surface area (Å²) in [6.45, 7) is 4.52. The number of thiazole rings is 1. The van der Waals surface area contributed by atoms with Crippen molar-refractivity contribution in [2.75, 3.05) is 13.2 Å². The zero-order valence-corrected chi connectivity index (χ0v) is 16.1. The maximum atomic E-state index is 12.3. The van der Waals surface area contributed by atoms with E-state index in [-0.39, 0.29) is 0 Å². The average molecular weight is 386 g/mol. The highest BCUT2D eigenvalue weighted by Gasteiger charge is 2.21. The summed E-state index contributed by atoms with van der Waals surface area (Å²) in [5.74, 6) is -0.419. The van der Waals surface area contributed by atoms with Crippen LogP contribution in [0.5, 0.6) is 0 Å². The number of nitrogens with one attached hydrogen (secondary N) is 1. The molecule has 1 aromatic carbocycles. The van der Waals surface area contributed by atoms with Gasteiger partial charge in [0.2, 0.25) is 5.13 Å². The molecule has 0 aliphatic carbocycles. The topological polar surface area (TPSA) is 89.3 Å². The normalized spacial score (nSPS) is 12.1. The van der Waals surface area contributed by atoms with Crippen molar-refractivity contribution >= 4 is 17.3 Å². The minimum Gasteiger partial charge on any atom is -0.462 e. The molecule has 7 nitrogen and oxygen atoms in total. The van der Waals surface area contributed by atoms with E-state index < -0.39 is 12.1 Å². The summed E-state index contributed by atoms with van der Waals surface area (Å²) in [5.41, 5.74) is 2.92. The van der Waals surface area contributed by atoms with E-state index in [1.165, 1.54) is 17.5 Å². The molecule has 3 aromatic rings. The highest BCUT2D eigenvalue weighted by molar-refractivity contribution is 7.12. The van der Waals surface area contributed by atoms with E-state index in [4.69, 9.17) is 4.74 Å². The van der Waals surface area contributed by atoms with Crippen LogP contribution in [0.2, 0.25) is 0 Å². The number of hydrogen-bond acceptors (Lipinski definition) is 7. The number of benzene rings is 1. The van der Waals surface area contributed by atoms with Crippen molar-refractivity contribution in [1.82, 2.24) is 20.1 Å². The maximum Gasteiger partial charge on any atom is 0.341 e. The first kappa shape index (κ1) is 19.2. The Morgan fingerprint density at radius 2 is 2.15 bits per heavy atom. The van der Waals surface area contributed by atoms with Gasteiger partial charge in [-0.1, -0.05) is 30.3 Å². The van der Waals surface area contributed by atoms with E-state index in [0.29, 0.717) is 36.1 Å². The first-order valence-electron chi connectivity index (χ1n) is 8.74. The third-order valence-electron chi connectivity index (χ3n) is 3.84. The fourth-order valence-electron chi connectivity index (χ4n) is 2.59. The molecule has 0 fully saturated rings. The van der Waals surface area contributed by atoms with E-state index in [1.54, 1.807) is 18.5 Å². The number of nitrogens with zero attached hydrogens (tertiary/aromatic N) is 3. The van der Waals surface area contributed by atoms with E-state index in [2.05, 4.69) is 15.4 Å². The summed E-state index contributed by atoms with van der Waals surface area (Å²) >= 11 is 1.45. The second kappa shape index (κ2) is 8.90. The molecule has 2 heterocycles. The quantitative estimate of drug-likeness (QED) is 0.579. The lowest BCUT2D eigenvalue weighted by Crippen LogP contribution is -2.26. The number of rotatable bonds is 8. The highest BCUT2D eigenvalue weighted by Crippen LogP contribution is 2.25. The molecule has 2 N–H and O–H groups in total. The molecule has 3 rings (SSSR count). The van der Waals surface area contributed by atoms with Gasteiger partial charge in [-0.3, -0.25) is 0 Å². The van der Waals surface area contributed by atoms with Gasteiger partial charge in [-0.25, -0.2) is 14.5 Å². The summed E-state index contributed by atoms with van der Waals surface area (Å²) in [4.78, 5) is 16.9. The predicted molar refractivity (Wildman–Crippen MR) is 104 cm³/mol. The van der Waals surface area contributed by atoms with E-state index in [1.807, 2.05) is 35.7 Å². The number of carbonyl (C=O) groups excluding carboxylic acids is 1. The summed E-state index contributed by atoms with van der Waals surface area (Å²) in [7, 11) is 0. The van der Waals surface area contributed by atoms with Crippen molar-refractivity contribution in [3.05, 3.63) is 53.2 Å². The second-order valence-corrected chi connectivity index (χ2v) is 6.84. The number of carbonyl (C=O) groups is 1. The molecule has 0 bridgehead atoms. The van der Waals surface area contributed by atoms with Gasteiger partial charge in [0.15, 0.2) is 0 Å². The monoisotopic (exact) mass is 386 g/mol. The molecule has 0 spiro atoms. The zero-order valence-electron chi connectivity index (χ0n) is 15.3. The molecular formula is C19H22N4O3S. The van der Waals surface area contributed by atoms with Crippen molar-refractivity contribution in [3.63, 3.8) is 0 Å². The van der Waals surface area contributed by atoms with E-state index >= 15 is 0 Å². The lowest BCUT2D eigenvalue weighted by Gasteiger charge is -2.10. The number of ether oxygens (including phenoxy) is 1. The zero-order chi connectivity index (χ0) is 19.2. The number of aliphatic hydroxyl groups is 1. The number of hydrogen-bond donors (Lipinski definition) is 2. The van der Waals surface area contributed by atoms with Crippen molar-refractivity contribution in [2.24, 2.45) is 0 Å². The number of aliphatic hydroxyl groups excluding tert-OH is 1. The molecule has 0 amide bonds. The third kappa shape index (κ3) is 4.60. The van der Waals surface area contributed by atoms with Crippen molar-refractivity contribution in [2.45, 2.75) is 26.5 Å². The molecule has 142 valence electrons. The Hall–Kier alpha value is -2.55. The van der Waals surface area contributed by atoms with Crippen LogP contribution in [0.4, 0.5) is 0 Å². The number of esters is 1. The van der Waals surface area contributed by atoms with Crippen molar-refractivity contribution in [3.8, 4) is 16.4 Å². The summed E-state index contributed by atoms with van der Waals surface area (Å²) in [6, 6.07) is 9.88. The maximum absolute atomic E-state index is 12.3. The summed E-state index contributed by atoms with van der Waals surface area (Å²) < 4.78 is 6.78. The lowest BCUT2D eigenvalue weighted by molar-refractivity contribution is 0.0525. The van der Waals surface area contributed by atoms with Crippen molar-refractivity contribution < 1.29 is 14.6 Å². The van der Waals surface area contributed by atoms with Crippen molar-refractivity contribution in [1.29, 1.82) is 0 Å².